The fourth-order valence-corrected chi connectivity index (χ4v) is 4.24. The summed E-state index contributed by atoms with van der Waals surface area (Å²) in [6.07, 6.45) is 4.61. The van der Waals surface area contributed by atoms with Gasteiger partial charge in [-0.05, 0) is 43.1 Å². The van der Waals surface area contributed by atoms with Crippen LogP contribution < -0.4 is 11.3 Å². The molecule has 2 aliphatic heterocycles. The molecule has 0 aliphatic carbocycles. The Morgan fingerprint density at radius 2 is 2.29 bits per heavy atom. The maximum Gasteiger partial charge on any atom is 0.0701 e. The van der Waals surface area contributed by atoms with Crippen molar-refractivity contribution in [2.45, 2.75) is 37.3 Å². The van der Waals surface area contributed by atoms with Crippen LogP contribution in [0.1, 0.15) is 25.7 Å². The summed E-state index contributed by atoms with van der Waals surface area (Å²) in [5.41, 5.74) is 3.04. The van der Waals surface area contributed by atoms with Crippen LogP contribution in [0, 0.1) is 5.92 Å². The van der Waals surface area contributed by atoms with Gasteiger partial charge in [0.15, 0.2) is 0 Å². The lowest BCUT2D eigenvalue weighted by Gasteiger charge is -2.45. The highest BCUT2D eigenvalue weighted by Gasteiger charge is 2.40. The summed E-state index contributed by atoms with van der Waals surface area (Å²) >= 11 is 2.04. The van der Waals surface area contributed by atoms with Crippen LogP contribution in [-0.4, -0.2) is 43.5 Å². The molecule has 0 radical (unpaired) electrons. The van der Waals surface area contributed by atoms with Gasteiger partial charge in [-0.2, -0.15) is 11.8 Å². The number of hydrazine groups is 1. The van der Waals surface area contributed by atoms with E-state index in [0.29, 0.717) is 12.5 Å². The van der Waals surface area contributed by atoms with Crippen molar-refractivity contribution >= 4 is 11.8 Å². The number of rotatable bonds is 4. The first-order valence-electron chi connectivity index (χ1n) is 6.46. The van der Waals surface area contributed by atoms with E-state index in [9.17, 15) is 0 Å². The van der Waals surface area contributed by atoms with Crippen molar-refractivity contribution < 1.29 is 9.47 Å². The molecule has 0 aromatic heterocycles. The average molecular weight is 260 g/mol. The quantitative estimate of drug-likeness (QED) is 0.587. The van der Waals surface area contributed by atoms with Gasteiger partial charge in [0.2, 0.25) is 0 Å². The molecule has 2 fully saturated rings. The van der Waals surface area contributed by atoms with Gasteiger partial charge in [-0.1, -0.05) is 0 Å². The Morgan fingerprint density at radius 3 is 2.94 bits per heavy atom. The molecule has 3 N–H and O–H groups in total. The van der Waals surface area contributed by atoms with Gasteiger partial charge >= 0.3 is 0 Å². The monoisotopic (exact) mass is 260 g/mol. The normalized spacial score (nSPS) is 30.4. The molecule has 0 saturated carbocycles. The van der Waals surface area contributed by atoms with Crippen molar-refractivity contribution in [3.05, 3.63) is 0 Å². The zero-order chi connectivity index (χ0) is 12.1. The minimum atomic E-state index is 0.136. The molecule has 0 aromatic carbocycles. The van der Waals surface area contributed by atoms with Crippen molar-refractivity contribution in [2.24, 2.45) is 11.8 Å². The standard InChI is InChI=1S/C12H24N2O2S/c1-15-9-11(14-13)10-2-5-16-12(8-10)3-6-17-7-4-12/h10-11,14H,2-9,13H2,1H3. The average Bonchev–Trinajstić information content (AvgIpc) is 2.37. The number of nitrogens with one attached hydrogen (secondary N) is 1. The third-order valence-electron chi connectivity index (χ3n) is 4.06. The maximum atomic E-state index is 6.09. The second-order valence-corrected chi connectivity index (χ2v) is 6.35. The first-order valence-corrected chi connectivity index (χ1v) is 7.62. The van der Waals surface area contributed by atoms with Crippen LogP contribution in [-0.2, 0) is 9.47 Å². The van der Waals surface area contributed by atoms with Gasteiger partial charge in [0.05, 0.1) is 12.2 Å². The lowest BCUT2D eigenvalue weighted by molar-refractivity contribution is -0.110. The van der Waals surface area contributed by atoms with Crippen LogP contribution in [0.5, 0.6) is 0 Å². The zero-order valence-electron chi connectivity index (χ0n) is 10.6. The van der Waals surface area contributed by atoms with Crippen LogP contribution in [0.25, 0.3) is 0 Å². The second-order valence-electron chi connectivity index (χ2n) is 5.13. The topological polar surface area (TPSA) is 56.5 Å². The smallest absolute Gasteiger partial charge is 0.0701 e. The van der Waals surface area contributed by atoms with Gasteiger partial charge in [-0.15, -0.1) is 0 Å². The predicted molar refractivity (Wildman–Crippen MR) is 71.0 cm³/mol. The van der Waals surface area contributed by atoms with Crippen molar-refractivity contribution in [3.63, 3.8) is 0 Å². The van der Waals surface area contributed by atoms with Crippen LogP contribution in [0.3, 0.4) is 0 Å². The van der Waals surface area contributed by atoms with Crippen LogP contribution in [0.4, 0.5) is 0 Å². The molecule has 4 nitrogen and oxygen atoms in total. The molecule has 1 spiro atoms. The van der Waals surface area contributed by atoms with E-state index in [1.54, 1.807) is 7.11 Å². The number of ether oxygens (including phenoxy) is 2. The Hall–Kier alpha value is 0.190. The SMILES string of the molecule is COCC(NN)C1CCOC2(CCSCC2)C1. The van der Waals surface area contributed by atoms with Crippen LogP contribution in [0.15, 0.2) is 0 Å². The number of hydrogen-bond acceptors (Lipinski definition) is 5. The Kier molecular flexibility index (Phi) is 5.11. The molecular weight excluding hydrogens is 236 g/mol. The fourth-order valence-electron chi connectivity index (χ4n) is 3.00. The van der Waals surface area contributed by atoms with Gasteiger partial charge in [0.1, 0.15) is 0 Å². The molecule has 2 rings (SSSR count). The number of thioether (sulfide) groups is 1. The Balaban J connectivity index is 1.95. The minimum absolute atomic E-state index is 0.136. The summed E-state index contributed by atoms with van der Waals surface area (Å²) in [6, 6.07) is 0.260. The van der Waals surface area contributed by atoms with Gasteiger partial charge in [-0.25, -0.2) is 0 Å². The zero-order valence-corrected chi connectivity index (χ0v) is 11.4. The number of methoxy groups -OCH3 is 1. The van der Waals surface area contributed by atoms with E-state index in [1.807, 2.05) is 11.8 Å². The molecule has 17 heavy (non-hydrogen) atoms. The third kappa shape index (κ3) is 3.35. The van der Waals surface area contributed by atoms with Crippen molar-refractivity contribution in [3.8, 4) is 0 Å². The molecule has 0 bridgehead atoms. The van der Waals surface area contributed by atoms with Crippen LogP contribution in [0.2, 0.25) is 0 Å². The lowest BCUT2D eigenvalue weighted by Crippen LogP contribution is -2.51. The highest BCUT2D eigenvalue weighted by molar-refractivity contribution is 7.99. The van der Waals surface area contributed by atoms with Gasteiger partial charge in [0.25, 0.3) is 0 Å². The van der Waals surface area contributed by atoms with Gasteiger partial charge in [-0.3, -0.25) is 11.3 Å². The van der Waals surface area contributed by atoms with E-state index in [2.05, 4.69) is 5.43 Å². The summed E-state index contributed by atoms with van der Waals surface area (Å²) < 4.78 is 11.3. The molecule has 2 saturated heterocycles. The molecule has 2 atom stereocenters. The minimum Gasteiger partial charge on any atom is -0.383 e. The summed E-state index contributed by atoms with van der Waals surface area (Å²) in [5, 5.41) is 0. The maximum absolute atomic E-state index is 6.09. The van der Waals surface area contributed by atoms with Crippen molar-refractivity contribution in [1.82, 2.24) is 5.43 Å². The molecular formula is C12H24N2O2S. The van der Waals surface area contributed by atoms with Crippen LogP contribution >= 0.6 is 11.8 Å². The summed E-state index contributed by atoms with van der Waals surface area (Å²) in [5.74, 6) is 8.68. The van der Waals surface area contributed by atoms with E-state index in [1.165, 1.54) is 24.3 Å². The van der Waals surface area contributed by atoms with Gasteiger partial charge < -0.3 is 9.47 Å². The molecule has 0 amide bonds. The predicted octanol–water partition coefficient (Wildman–Crippen LogP) is 1.16. The Bertz CT molecular complexity index is 229. The summed E-state index contributed by atoms with van der Waals surface area (Å²) in [4.78, 5) is 0. The second kappa shape index (κ2) is 6.38. The van der Waals surface area contributed by atoms with E-state index in [4.69, 9.17) is 15.3 Å². The van der Waals surface area contributed by atoms with Crippen molar-refractivity contribution in [1.29, 1.82) is 0 Å². The van der Waals surface area contributed by atoms with E-state index in [0.717, 1.165) is 19.4 Å². The van der Waals surface area contributed by atoms with E-state index >= 15 is 0 Å². The molecule has 2 aliphatic rings. The van der Waals surface area contributed by atoms with E-state index in [-0.39, 0.29) is 11.6 Å². The molecule has 2 unspecified atom stereocenters. The Labute approximate surface area is 108 Å². The highest BCUT2D eigenvalue weighted by atomic mass is 32.2. The lowest BCUT2D eigenvalue weighted by atomic mass is 9.79. The van der Waals surface area contributed by atoms with E-state index < -0.39 is 0 Å². The largest absolute Gasteiger partial charge is 0.383 e. The molecule has 0 aromatic rings. The molecule has 5 heteroatoms. The number of nitrogens with two attached hydrogens (primary N) is 1. The third-order valence-corrected chi connectivity index (χ3v) is 5.05. The molecule has 100 valence electrons. The summed E-state index contributed by atoms with van der Waals surface area (Å²) in [6.45, 7) is 1.56. The fraction of sp³-hybridized carbons (Fsp3) is 1.00. The molecule has 2 heterocycles. The first-order chi connectivity index (χ1) is 8.29. The van der Waals surface area contributed by atoms with Gasteiger partial charge in [0, 0.05) is 19.8 Å². The first kappa shape index (κ1) is 13.6. The number of hydrogen-bond donors (Lipinski definition) is 2. The van der Waals surface area contributed by atoms with Crippen molar-refractivity contribution in [2.75, 3.05) is 31.8 Å². The highest BCUT2D eigenvalue weighted by Crippen LogP contribution is 2.40. The summed E-state index contributed by atoms with van der Waals surface area (Å²) in [7, 11) is 1.73. The Morgan fingerprint density at radius 1 is 1.53 bits per heavy atom.